The quantitative estimate of drug-likeness (QED) is 0.821. The summed E-state index contributed by atoms with van der Waals surface area (Å²) in [5.74, 6) is -0.227. The van der Waals surface area contributed by atoms with Crippen molar-refractivity contribution < 1.29 is 27.5 Å². The van der Waals surface area contributed by atoms with Gasteiger partial charge in [-0.2, -0.15) is 13.2 Å². The average molecular weight is 380 g/mol. The summed E-state index contributed by atoms with van der Waals surface area (Å²) in [4.78, 5) is 25.3. The van der Waals surface area contributed by atoms with E-state index in [1.54, 1.807) is 24.3 Å². The summed E-state index contributed by atoms with van der Waals surface area (Å²) in [7, 11) is 1.48. The maximum Gasteiger partial charge on any atom is 0.416 e. The molecule has 2 rings (SSSR count). The van der Waals surface area contributed by atoms with E-state index in [2.05, 4.69) is 5.32 Å². The van der Waals surface area contributed by atoms with Crippen molar-refractivity contribution in [1.29, 1.82) is 0 Å². The first-order chi connectivity index (χ1) is 12.7. The zero-order chi connectivity index (χ0) is 20.0. The number of methoxy groups -OCH3 is 1. The van der Waals surface area contributed by atoms with Gasteiger partial charge in [-0.15, -0.1) is 0 Å². The summed E-state index contributed by atoms with van der Waals surface area (Å²) in [5.41, 5.74) is -0.0156. The molecule has 2 aromatic rings. The standard InChI is InChI=1S/C19H19F3N2O3/c1-13(25)24(15-9-7-14(8-10-15)19(20,21)22)12-11-18(26)23-16-5-3-4-6-17(16)27-2/h3-10H,11-12H2,1-2H3,(H,23,26). The van der Waals surface area contributed by atoms with Crippen LogP contribution in [-0.2, 0) is 15.8 Å². The number of rotatable bonds is 6. The minimum absolute atomic E-state index is 0.0291. The molecule has 0 saturated carbocycles. The van der Waals surface area contributed by atoms with Crippen LogP contribution in [0.15, 0.2) is 48.5 Å². The number of anilines is 2. The van der Waals surface area contributed by atoms with Gasteiger partial charge in [0, 0.05) is 25.6 Å². The average Bonchev–Trinajstić information content (AvgIpc) is 2.61. The third-order valence-corrected chi connectivity index (χ3v) is 3.83. The Kier molecular flexibility index (Phi) is 6.44. The molecular formula is C19H19F3N2O3. The van der Waals surface area contributed by atoms with Crippen LogP contribution in [0.2, 0.25) is 0 Å². The Morgan fingerprint density at radius 3 is 2.26 bits per heavy atom. The fourth-order valence-corrected chi connectivity index (χ4v) is 2.47. The van der Waals surface area contributed by atoms with Gasteiger partial charge in [0.15, 0.2) is 0 Å². The van der Waals surface area contributed by atoms with Crippen molar-refractivity contribution in [3.05, 3.63) is 54.1 Å². The van der Waals surface area contributed by atoms with Gasteiger partial charge in [-0.05, 0) is 36.4 Å². The summed E-state index contributed by atoms with van der Waals surface area (Å²) in [5, 5.41) is 2.69. The number of nitrogens with zero attached hydrogens (tertiary/aromatic N) is 1. The Morgan fingerprint density at radius 2 is 1.70 bits per heavy atom. The Bertz CT molecular complexity index is 805. The van der Waals surface area contributed by atoms with E-state index in [9.17, 15) is 22.8 Å². The van der Waals surface area contributed by atoms with Crippen molar-refractivity contribution in [1.82, 2.24) is 0 Å². The second-order valence-corrected chi connectivity index (χ2v) is 5.71. The smallest absolute Gasteiger partial charge is 0.416 e. The first-order valence-electron chi connectivity index (χ1n) is 8.10. The van der Waals surface area contributed by atoms with E-state index in [0.29, 0.717) is 17.1 Å². The Hall–Kier alpha value is -3.03. The minimum Gasteiger partial charge on any atom is -0.495 e. The van der Waals surface area contributed by atoms with E-state index in [0.717, 1.165) is 12.1 Å². The number of ether oxygens (including phenoxy) is 1. The number of carbonyl (C=O) groups is 2. The predicted molar refractivity (Wildman–Crippen MR) is 95.7 cm³/mol. The highest BCUT2D eigenvalue weighted by molar-refractivity contribution is 5.95. The lowest BCUT2D eigenvalue weighted by Crippen LogP contribution is -2.32. The molecule has 0 aromatic heterocycles. The number of halogens is 3. The molecule has 5 nitrogen and oxygen atoms in total. The molecule has 0 radical (unpaired) electrons. The van der Waals surface area contributed by atoms with Gasteiger partial charge in [0.25, 0.3) is 0 Å². The Balaban J connectivity index is 2.04. The molecule has 0 aliphatic rings. The van der Waals surface area contributed by atoms with Gasteiger partial charge in [-0.1, -0.05) is 12.1 Å². The molecule has 1 N–H and O–H groups in total. The zero-order valence-electron chi connectivity index (χ0n) is 14.8. The summed E-state index contributed by atoms with van der Waals surface area (Å²) >= 11 is 0. The normalized spacial score (nSPS) is 11.0. The third-order valence-electron chi connectivity index (χ3n) is 3.83. The van der Waals surface area contributed by atoms with Gasteiger partial charge in [0.1, 0.15) is 5.75 Å². The molecule has 144 valence electrons. The first kappa shape index (κ1) is 20.3. The second-order valence-electron chi connectivity index (χ2n) is 5.71. The number of para-hydroxylation sites is 2. The van der Waals surface area contributed by atoms with Crippen LogP contribution in [-0.4, -0.2) is 25.5 Å². The van der Waals surface area contributed by atoms with Crippen LogP contribution in [0.1, 0.15) is 18.9 Å². The van der Waals surface area contributed by atoms with Crippen molar-refractivity contribution in [3.8, 4) is 5.75 Å². The second kappa shape index (κ2) is 8.57. The lowest BCUT2D eigenvalue weighted by Gasteiger charge is -2.21. The molecular weight excluding hydrogens is 361 g/mol. The maximum absolute atomic E-state index is 12.7. The molecule has 0 aliphatic heterocycles. The zero-order valence-corrected chi connectivity index (χ0v) is 14.8. The van der Waals surface area contributed by atoms with E-state index < -0.39 is 11.7 Å². The number of amides is 2. The summed E-state index contributed by atoms with van der Waals surface area (Å²) in [6.45, 7) is 1.32. The lowest BCUT2D eigenvalue weighted by molar-refractivity contribution is -0.137. The van der Waals surface area contributed by atoms with Gasteiger partial charge in [-0.3, -0.25) is 9.59 Å². The molecule has 27 heavy (non-hydrogen) atoms. The number of carbonyl (C=O) groups excluding carboxylic acids is 2. The van der Waals surface area contributed by atoms with Crippen molar-refractivity contribution in [3.63, 3.8) is 0 Å². The molecule has 0 bridgehead atoms. The van der Waals surface area contributed by atoms with Crippen LogP contribution >= 0.6 is 0 Å². The molecule has 0 unspecified atom stereocenters. The summed E-state index contributed by atoms with van der Waals surface area (Å²) in [6.07, 6.45) is -4.48. The van der Waals surface area contributed by atoms with Gasteiger partial charge in [-0.25, -0.2) is 0 Å². The van der Waals surface area contributed by atoms with Gasteiger partial charge >= 0.3 is 6.18 Å². The van der Waals surface area contributed by atoms with Crippen molar-refractivity contribution in [2.24, 2.45) is 0 Å². The summed E-state index contributed by atoms with van der Waals surface area (Å²) < 4.78 is 43.1. The first-order valence-corrected chi connectivity index (χ1v) is 8.10. The van der Waals surface area contributed by atoms with E-state index in [1.165, 1.54) is 31.1 Å². The highest BCUT2D eigenvalue weighted by Crippen LogP contribution is 2.30. The third kappa shape index (κ3) is 5.47. The van der Waals surface area contributed by atoms with E-state index in [1.807, 2.05) is 0 Å². The van der Waals surface area contributed by atoms with Crippen molar-refractivity contribution in [2.45, 2.75) is 19.5 Å². The largest absolute Gasteiger partial charge is 0.495 e. The Morgan fingerprint density at radius 1 is 1.07 bits per heavy atom. The van der Waals surface area contributed by atoms with Gasteiger partial charge in [0.05, 0.1) is 18.4 Å². The van der Waals surface area contributed by atoms with Crippen LogP contribution in [0, 0.1) is 0 Å². The van der Waals surface area contributed by atoms with Crippen molar-refractivity contribution in [2.75, 3.05) is 23.9 Å². The maximum atomic E-state index is 12.7. The monoisotopic (exact) mass is 380 g/mol. The molecule has 0 heterocycles. The highest BCUT2D eigenvalue weighted by atomic mass is 19.4. The summed E-state index contributed by atoms with van der Waals surface area (Å²) in [6, 6.07) is 11.1. The van der Waals surface area contributed by atoms with E-state index in [4.69, 9.17) is 4.74 Å². The lowest BCUT2D eigenvalue weighted by atomic mass is 10.2. The number of benzene rings is 2. The molecule has 0 saturated heterocycles. The number of hydrogen-bond acceptors (Lipinski definition) is 3. The molecule has 0 aliphatic carbocycles. The fourth-order valence-electron chi connectivity index (χ4n) is 2.47. The van der Waals surface area contributed by atoms with Crippen LogP contribution in [0.3, 0.4) is 0 Å². The molecule has 2 aromatic carbocycles. The van der Waals surface area contributed by atoms with E-state index in [-0.39, 0.29) is 24.8 Å². The predicted octanol–water partition coefficient (Wildman–Crippen LogP) is 4.10. The SMILES string of the molecule is COc1ccccc1NC(=O)CCN(C(C)=O)c1ccc(C(F)(F)F)cc1. The van der Waals surface area contributed by atoms with Crippen LogP contribution in [0.5, 0.6) is 5.75 Å². The van der Waals surface area contributed by atoms with Crippen LogP contribution < -0.4 is 15.0 Å². The topological polar surface area (TPSA) is 58.6 Å². The van der Waals surface area contributed by atoms with Gasteiger partial charge < -0.3 is 15.0 Å². The number of hydrogen-bond donors (Lipinski definition) is 1. The Labute approximate surface area is 154 Å². The molecule has 8 heteroatoms. The molecule has 0 spiro atoms. The van der Waals surface area contributed by atoms with Crippen LogP contribution in [0.4, 0.5) is 24.5 Å². The highest BCUT2D eigenvalue weighted by Gasteiger charge is 2.30. The molecule has 0 fully saturated rings. The number of nitrogens with one attached hydrogen (secondary N) is 1. The number of alkyl halides is 3. The molecule has 2 amide bonds. The minimum atomic E-state index is -4.45. The van der Waals surface area contributed by atoms with Crippen molar-refractivity contribution >= 4 is 23.2 Å². The fraction of sp³-hybridized carbons (Fsp3) is 0.263. The van der Waals surface area contributed by atoms with Crippen LogP contribution in [0.25, 0.3) is 0 Å². The van der Waals surface area contributed by atoms with E-state index >= 15 is 0 Å². The molecule has 0 atom stereocenters. The van der Waals surface area contributed by atoms with Gasteiger partial charge in [0.2, 0.25) is 11.8 Å².